The van der Waals surface area contributed by atoms with Crippen LogP contribution in [0, 0.1) is 0 Å². The fourth-order valence-electron chi connectivity index (χ4n) is 1.39. The van der Waals surface area contributed by atoms with Crippen molar-refractivity contribution >= 4 is 22.7 Å². The summed E-state index contributed by atoms with van der Waals surface area (Å²) in [4.78, 5) is 12.5. The molecule has 0 unspecified atom stereocenters. The van der Waals surface area contributed by atoms with Crippen molar-refractivity contribution in [2.45, 2.75) is 26.5 Å². The van der Waals surface area contributed by atoms with Crippen LogP contribution in [0.3, 0.4) is 0 Å². The van der Waals surface area contributed by atoms with Crippen LogP contribution in [0.1, 0.15) is 13.8 Å². The number of alkyl halides is 2. The van der Waals surface area contributed by atoms with Crippen molar-refractivity contribution in [3.05, 3.63) is 24.3 Å². The second kappa shape index (κ2) is 5.82. The predicted octanol–water partition coefficient (Wildman–Crippen LogP) is 3.86. The number of hydrogen-bond donors (Lipinski definition) is 0. The summed E-state index contributed by atoms with van der Waals surface area (Å²) in [7, 11) is 0. The van der Waals surface area contributed by atoms with E-state index in [-0.39, 0.29) is 11.8 Å². The van der Waals surface area contributed by atoms with E-state index in [1.807, 2.05) is 0 Å². The molecular weight excluding hydrogens is 252 g/mol. The Bertz CT molecular complexity index is 382. The number of carbonyl (C=O) groups excluding carboxylic acids is 1. The molecule has 1 amide bonds. The second-order valence-electron chi connectivity index (χ2n) is 3.59. The van der Waals surface area contributed by atoms with Gasteiger partial charge in [0, 0.05) is 11.7 Å². The van der Waals surface area contributed by atoms with Crippen molar-refractivity contribution < 1.29 is 18.3 Å². The minimum Gasteiger partial charge on any atom is -0.435 e. The third kappa shape index (κ3) is 3.85. The van der Waals surface area contributed by atoms with Crippen LogP contribution in [0.25, 0.3) is 0 Å². The third-order valence-electron chi connectivity index (χ3n) is 2.05. The molecule has 0 aliphatic rings. The standard InChI is InChI=1S/C11H12ClF2NO2/c1-7(2)15(10(12)16)8-3-5-9(6-4-8)17-11(13)14/h3-7,11H,1-2H3. The Labute approximate surface area is 103 Å². The summed E-state index contributed by atoms with van der Waals surface area (Å²) in [6.45, 7) is 0.727. The molecule has 0 spiro atoms. The Morgan fingerprint density at radius 2 is 1.82 bits per heavy atom. The molecular formula is C11H12ClF2NO2. The van der Waals surface area contributed by atoms with E-state index in [2.05, 4.69) is 4.74 Å². The Kier molecular flexibility index (Phi) is 4.69. The minimum absolute atomic E-state index is 0.0366. The molecule has 3 nitrogen and oxygen atoms in total. The summed E-state index contributed by atoms with van der Waals surface area (Å²) in [6, 6.07) is 5.59. The first kappa shape index (κ1) is 13.7. The van der Waals surface area contributed by atoms with Gasteiger partial charge in [-0.3, -0.25) is 9.69 Å². The van der Waals surface area contributed by atoms with Gasteiger partial charge < -0.3 is 4.74 Å². The first-order valence-corrected chi connectivity index (χ1v) is 5.33. The fraction of sp³-hybridized carbons (Fsp3) is 0.364. The number of rotatable bonds is 4. The number of amides is 1. The largest absolute Gasteiger partial charge is 0.435 e. The number of carbonyl (C=O) groups is 1. The maximum absolute atomic E-state index is 11.9. The van der Waals surface area contributed by atoms with Gasteiger partial charge in [0.05, 0.1) is 0 Å². The van der Waals surface area contributed by atoms with Gasteiger partial charge in [-0.1, -0.05) is 0 Å². The lowest BCUT2D eigenvalue weighted by Crippen LogP contribution is -2.32. The SMILES string of the molecule is CC(C)N(C(=O)Cl)c1ccc(OC(F)F)cc1. The van der Waals surface area contributed by atoms with Crippen molar-refractivity contribution in [1.29, 1.82) is 0 Å². The Balaban J connectivity index is 2.88. The molecule has 0 aromatic heterocycles. The number of nitrogens with zero attached hydrogens (tertiary/aromatic N) is 1. The number of ether oxygens (including phenoxy) is 1. The zero-order chi connectivity index (χ0) is 13.0. The highest BCUT2D eigenvalue weighted by atomic mass is 35.5. The summed E-state index contributed by atoms with van der Waals surface area (Å²) in [5.74, 6) is 0.0366. The van der Waals surface area contributed by atoms with Crippen LogP contribution in [0.15, 0.2) is 24.3 Å². The van der Waals surface area contributed by atoms with E-state index in [0.717, 1.165) is 0 Å². The molecule has 94 valence electrons. The lowest BCUT2D eigenvalue weighted by atomic mass is 10.2. The Morgan fingerprint density at radius 3 is 2.18 bits per heavy atom. The molecule has 6 heteroatoms. The van der Waals surface area contributed by atoms with Gasteiger partial charge >= 0.3 is 12.0 Å². The van der Waals surface area contributed by atoms with E-state index < -0.39 is 12.0 Å². The monoisotopic (exact) mass is 263 g/mol. The highest BCUT2D eigenvalue weighted by molar-refractivity contribution is 6.66. The van der Waals surface area contributed by atoms with Crippen LogP contribution in [-0.2, 0) is 0 Å². The number of benzene rings is 1. The molecule has 17 heavy (non-hydrogen) atoms. The lowest BCUT2D eigenvalue weighted by Gasteiger charge is -2.24. The highest BCUT2D eigenvalue weighted by Crippen LogP contribution is 2.23. The molecule has 0 aliphatic heterocycles. The number of anilines is 1. The predicted molar refractivity (Wildman–Crippen MR) is 61.9 cm³/mol. The molecule has 0 radical (unpaired) electrons. The van der Waals surface area contributed by atoms with E-state index in [9.17, 15) is 13.6 Å². The molecule has 1 aromatic rings. The van der Waals surface area contributed by atoms with Gasteiger partial charge in [0.15, 0.2) is 0 Å². The van der Waals surface area contributed by atoms with E-state index in [1.165, 1.54) is 29.2 Å². The smallest absolute Gasteiger partial charge is 0.387 e. The van der Waals surface area contributed by atoms with Gasteiger partial charge in [-0.2, -0.15) is 8.78 Å². The van der Waals surface area contributed by atoms with Crippen LogP contribution in [0.4, 0.5) is 19.3 Å². The van der Waals surface area contributed by atoms with Crippen LogP contribution >= 0.6 is 11.6 Å². The highest BCUT2D eigenvalue weighted by Gasteiger charge is 2.17. The summed E-state index contributed by atoms with van der Waals surface area (Å²) in [6.07, 6.45) is 0. The first-order valence-electron chi connectivity index (χ1n) is 4.95. The molecule has 0 atom stereocenters. The van der Waals surface area contributed by atoms with Crippen LogP contribution < -0.4 is 9.64 Å². The van der Waals surface area contributed by atoms with E-state index in [0.29, 0.717) is 5.69 Å². The summed E-state index contributed by atoms with van der Waals surface area (Å²) in [5, 5.41) is -0.623. The van der Waals surface area contributed by atoms with Crippen molar-refractivity contribution in [3.8, 4) is 5.75 Å². The normalized spacial score (nSPS) is 10.8. The maximum Gasteiger partial charge on any atom is 0.387 e. The third-order valence-corrected chi connectivity index (χ3v) is 2.23. The van der Waals surface area contributed by atoms with Crippen molar-refractivity contribution in [2.24, 2.45) is 0 Å². The maximum atomic E-state index is 11.9. The van der Waals surface area contributed by atoms with Gasteiger partial charge in [-0.25, -0.2) is 0 Å². The van der Waals surface area contributed by atoms with Gasteiger partial charge in [-0.05, 0) is 49.7 Å². The number of halogens is 3. The molecule has 0 aliphatic carbocycles. The molecule has 0 N–H and O–H groups in total. The van der Waals surface area contributed by atoms with E-state index >= 15 is 0 Å². The van der Waals surface area contributed by atoms with Gasteiger partial charge in [0.1, 0.15) is 5.75 Å². The summed E-state index contributed by atoms with van der Waals surface area (Å²) in [5.41, 5.74) is 0.529. The quantitative estimate of drug-likeness (QED) is 0.610. The first-order chi connectivity index (χ1) is 7.91. The van der Waals surface area contributed by atoms with Crippen LogP contribution in [0.2, 0.25) is 0 Å². The molecule has 1 aromatic carbocycles. The van der Waals surface area contributed by atoms with Crippen LogP contribution in [0.5, 0.6) is 5.75 Å². The molecule has 0 saturated heterocycles. The molecule has 0 fully saturated rings. The van der Waals surface area contributed by atoms with E-state index in [1.54, 1.807) is 13.8 Å². The summed E-state index contributed by atoms with van der Waals surface area (Å²) < 4.78 is 28.1. The van der Waals surface area contributed by atoms with Crippen molar-refractivity contribution in [1.82, 2.24) is 0 Å². The zero-order valence-electron chi connectivity index (χ0n) is 9.36. The minimum atomic E-state index is -2.86. The Morgan fingerprint density at radius 1 is 1.29 bits per heavy atom. The second-order valence-corrected chi connectivity index (χ2v) is 3.91. The molecule has 0 heterocycles. The zero-order valence-corrected chi connectivity index (χ0v) is 10.1. The van der Waals surface area contributed by atoms with Crippen LogP contribution in [-0.4, -0.2) is 18.0 Å². The van der Waals surface area contributed by atoms with Gasteiger partial charge in [-0.15, -0.1) is 0 Å². The summed E-state index contributed by atoms with van der Waals surface area (Å²) >= 11 is 5.43. The molecule has 0 saturated carbocycles. The average Bonchev–Trinajstić information content (AvgIpc) is 2.18. The fourth-order valence-corrected chi connectivity index (χ4v) is 1.68. The average molecular weight is 264 g/mol. The molecule has 0 bridgehead atoms. The number of hydrogen-bond acceptors (Lipinski definition) is 2. The van der Waals surface area contributed by atoms with Crippen molar-refractivity contribution in [2.75, 3.05) is 4.90 Å². The van der Waals surface area contributed by atoms with Crippen molar-refractivity contribution in [3.63, 3.8) is 0 Å². The van der Waals surface area contributed by atoms with Gasteiger partial charge in [0.2, 0.25) is 0 Å². The lowest BCUT2D eigenvalue weighted by molar-refractivity contribution is -0.0498. The van der Waals surface area contributed by atoms with E-state index in [4.69, 9.17) is 11.6 Å². The molecule has 1 rings (SSSR count). The topological polar surface area (TPSA) is 29.5 Å². The van der Waals surface area contributed by atoms with Gasteiger partial charge in [0.25, 0.3) is 0 Å². The Hall–Kier alpha value is -1.36.